The number of nitrogens with zero attached hydrogens (tertiary/aromatic N) is 2. The summed E-state index contributed by atoms with van der Waals surface area (Å²) in [6.45, 7) is 0.502. The van der Waals surface area contributed by atoms with Crippen molar-refractivity contribution in [3.05, 3.63) is 87.5 Å². The zero-order valence-corrected chi connectivity index (χ0v) is 18.1. The zero-order valence-electron chi connectivity index (χ0n) is 15.0. The number of fused-ring (bicyclic) bond motifs is 1. The van der Waals surface area contributed by atoms with Gasteiger partial charge in [-0.05, 0) is 41.4 Å². The van der Waals surface area contributed by atoms with E-state index in [-0.39, 0.29) is 0 Å². The fourth-order valence-electron chi connectivity index (χ4n) is 2.98. The van der Waals surface area contributed by atoms with E-state index in [9.17, 15) is 0 Å². The number of hydrogen-bond donors (Lipinski definition) is 2. The molecule has 0 radical (unpaired) electrons. The van der Waals surface area contributed by atoms with Crippen LogP contribution in [0.4, 0.5) is 11.5 Å². The molecule has 0 fully saturated rings. The maximum atomic E-state index is 6.33. The molecule has 0 aliphatic heterocycles. The van der Waals surface area contributed by atoms with E-state index >= 15 is 0 Å². The number of thiocarbonyl (C=S) groups is 1. The smallest absolute Gasteiger partial charge is 0.176 e. The molecule has 146 valence electrons. The summed E-state index contributed by atoms with van der Waals surface area (Å²) in [7, 11) is 0. The number of hydrogen-bond acceptors (Lipinski definition) is 2. The third-order valence-corrected chi connectivity index (χ3v) is 5.54. The van der Waals surface area contributed by atoms with Crippen molar-refractivity contribution in [1.29, 1.82) is 0 Å². The molecule has 4 aromatic rings. The Kier molecular flexibility index (Phi) is 5.92. The Morgan fingerprint density at radius 1 is 0.897 bits per heavy atom. The van der Waals surface area contributed by atoms with Crippen molar-refractivity contribution >= 4 is 74.4 Å². The first-order valence-electron chi connectivity index (χ1n) is 8.72. The van der Waals surface area contributed by atoms with Crippen LogP contribution in [0.2, 0.25) is 15.1 Å². The van der Waals surface area contributed by atoms with E-state index in [1.807, 2.05) is 36.4 Å². The van der Waals surface area contributed by atoms with E-state index < -0.39 is 0 Å². The lowest BCUT2D eigenvalue weighted by Gasteiger charge is -2.11. The fourth-order valence-corrected chi connectivity index (χ4v) is 3.71. The predicted molar refractivity (Wildman–Crippen MR) is 127 cm³/mol. The Hall–Kier alpha value is -2.31. The first-order valence-corrected chi connectivity index (χ1v) is 10.3. The summed E-state index contributed by atoms with van der Waals surface area (Å²) in [5.74, 6) is 0.476. The van der Waals surface area contributed by atoms with Gasteiger partial charge < -0.3 is 10.6 Å². The molecule has 3 aromatic carbocycles. The van der Waals surface area contributed by atoms with Crippen LogP contribution in [0.25, 0.3) is 10.8 Å². The minimum absolute atomic E-state index is 0.406. The molecule has 0 saturated carbocycles. The molecular weight excluding hydrogens is 447 g/mol. The molecule has 0 atom stereocenters. The summed E-state index contributed by atoms with van der Waals surface area (Å²) in [6.07, 6.45) is 1.73. The SMILES string of the molecule is S=C(Nc1nn(Cc2ccc(Cl)c(Cl)c2)cc1Cl)Nc1cccc2ccccc12. The van der Waals surface area contributed by atoms with Crippen LogP contribution in [0.3, 0.4) is 0 Å². The van der Waals surface area contributed by atoms with Crippen LogP contribution in [-0.2, 0) is 6.54 Å². The second-order valence-corrected chi connectivity index (χ2v) is 8.01. The molecule has 0 aliphatic carbocycles. The maximum Gasteiger partial charge on any atom is 0.176 e. The highest BCUT2D eigenvalue weighted by molar-refractivity contribution is 7.80. The Morgan fingerprint density at radius 3 is 2.52 bits per heavy atom. The highest BCUT2D eigenvalue weighted by atomic mass is 35.5. The molecule has 8 heteroatoms. The summed E-state index contributed by atoms with van der Waals surface area (Å²) in [5.41, 5.74) is 1.87. The summed E-state index contributed by atoms with van der Waals surface area (Å²) < 4.78 is 1.71. The van der Waals surface area contributed by atoms with Gasteiger partial charge in [0, 0.05) is 17.3 Å². The third kappa shape index (κ3) is 4.65. The topological polar surface area (TPSA) is 41.9 Å². The van der Waals surface area contributed by atoms with E-state index in [1.54, 1.807) is 23.0 Å². The molecule has 4 nitrogen and oxygen atoms in total. The molecular formula is C21H15Cl3N4S. The lowest BCUT2D eigenvalue weighted by atomic mass is 10.1. The maximum absolute atomic E-state index is 6.33. The zero-order chi connectivity index (χ0) is 20.4. The van der Waals surface area contributed by atoms with Gasteiger partial charge >= 0.3 is 0 Å². The molecule has 0 spiro atoms. The van der Waals surface area contributed by atoms with Crippen molar-refractivity contribution in [1.82, 2.24) is 9.78 Å². The van der Waals surface area contributed by atoms with Gasteiger partial charge in [0.2, 0.25) is 0 Å². The van der Waals surface area contributed by atoms with E-state index in [4.69, 9.17) is 47.0 Å². The van der Waals surface area contributed by atoms with E-state index in [2.05, 4.69) is 27.9 Å². The van der Waals surface area contributed by atoms with Crippen LogP contribution >= 0.6 is 47.0 Å². The standard InChI is InChI=1S/C21H15Cl3N4S/c22-16-9-8-13(10-17(16)23)11-28-12-18(24)20(27-28)26-21(29)25-19-7-3-5-14-4-1-2-6-15(14)19/h1-10,12H,11H2,(H2,25,26,27,29). The highest BCUT2D eigenvalue weighted by Crippen LogP contribution is 2.26. The minimum atomic E-state index is 0.406. The number of aromatic nitrogens is 2. The van der Waals surface area contributed by atoms with E-state index in [1.165, 1.54) is 0 Å². The van der Waals surface area contributed by atoms with Crippen LogP contribution in [-0.4, -0.2) is 14.9 Å². The lowest BCUT2D eigenvalue weighted by Crippen LogP contribution is -2.20. The second-order valence-electron chi connectivity index (χ2n) is 6.38. The van der Waals surface area contributed by atoms with Crippen molar-refractivity contribution in [3.63, 3.8) is 0 Å². The Bertz CT molecular complexity index is 1200. The van der Waals surface area contributed by atoms with Gasteiger partial charge in [-0.15, -0.1) is 0 Å². The summed E-state index contributed by atoms with van der Waals surface area (Å²) in [4.78, 5) is 0. The van der Waals surface area contributed by atoms with Gasteiger partial charge in [0.15, 0.2) is 10.9 Å². The molecule has 0 bridgehead atoms. The van der Waals surface area contributed by atoms with Crippen molar-refractivity contribution in [2.24, 2.45) is 0 Å². The van der Waals surface area contributed by atoms with Gasteiger partial charge in [-0.2, -0.15) is 5.10 Å². The molecule has 0 aliphatic rings. The fraction of sp³-hybridized carbons (Fsp3) is 0.0476. The average molecular weight is 462 g/mol. The van der Waals surface area contributed by atoms with Crippen molar-refractivity contribution in [3.8, 4) is 0 Å². The number of anilines is 2. The summed E-state index contributed by atoms with van der Waals surface area (Å²) in [5, 5.41) is 14.8. The molecule has 1 aromatic heterocycles. The summed E-state index contributed by atoms with van der Waals surface area (Å²) in [6, 6.07) is 19.5. The van der Waals surface area contributed by atoms with Crippen LogP contribution in [0.1, 0.15) is 5.56 Å². The third-order valence-electron chi connectivity index (χ3n) is 4.32. The Morgan fingerprint density at radius 2 is 1.69 bits per heavy atom. The largest absolute Gasteiger partial charge is 0.332 e. The predicted octanol–water partition coefficient (Wildman–Crippen LogP) is 6.85. The van der Waals surface area contributed by atoms with Gasteiger partial charge in [0.05, 0.1) is 16.6 Å². The van der Waals surface area contributed by atoms with Crippen LogP contribution < -0.4 is 10.6 Å². The molecule has 4 rings (SSSR count). The first-order chi connectivity index (χ1) is 14.0. The van der Waals surface area contributed by atoms with Crippen LogP contribution in [0.15, 0.2) is 66.9 Å². The molecule has 0 saturated heterocycles. The van der Waals surface area contributed by atoms with Crippen LogP contribution in [0.5, 0.6) is 0 Å². The monoisotopic (exact) mass is 460 g/mol. The molecule has 0 unspecified atom stereocenters. The first kappa shape index (κ1) is 20.0. The number of rotatable bonds is 4. The molecule has 2 N–H and O–H groups in total. The van der Waals surface area contributed by atoms with Gasteiger partial charge in [-0.1, -0.05) is 77.3 Å². The minimum Gasteiger partial charge on any atom is -0.332 e. The average Bonchev–Trinajstić information content (AvgIpc) is 3.03. The van der Waals surface area contributed by atoms with Gasteiger partial charge in [-0.3, -0.25) is 4.68 Å². The van der Waals surface area contributed by atoms with Gasteiger partial charge in [0.1, 0.15) is 5.02 Å². The molecule has 0 amide bonds. The quantitative estimate of drug-likeness (QED) is 0.326. The number of nitrogens with one attached hydrogen (secondary N) is 2. The number of benzene rings is 3. The molecule has 1 heterocycles. The van der Waals surface area contributed by atoms with Crippen LogP contribution in [0, 0.1) is 0 Å². The van der Waals surface area contributed by atoms with E-state index in [0.29, 0.717) is 32.5 Å². The lowest BCUT2D eigenvalue weighted by molar-refractivity contribution is 0.690. The second kappa shape index (κ2) is 8.59. The van der Waals surface area contributed by atoms with Crippen molar-refractivity contribution in [2.45, 2.75) is 6.54 Å². The number of halogens is 3. The van der Waals surface area contributed by atoms with Crippen molar-refractivity contribution in [2.75, 3.05) is 10.6 Å². The van der Waals surface area contributed by atoms with E-state index in [0.717, 1.165) is 22.0 Å². The Labute approximate surface area is 188 Å². The van der Waals surface area contributed by atoms with Gasteiger partial charge in [0.25, 0.3) is 0 Å². The molecule has 29 heavy (non-hydrogen) atoms. The summed E-state index contributed by atoms with van der Waals surface area (Å²) >= 11 is 23.8. The Balaban J connectivity index is 1.48. The van der Waals surface area contributed by atoms with Crippen molar-refractivity contribution < 1.29 is 0 Å². The highest BCUT2D eigenvalue weighted by Gasteiger charge is 2.11. The van der Waals surface area contributed by atoms with Gasteiger partial charge in [-0.25, -0.2) is 0 Å². The normalized spacial score (nSPS) is 10.9.